The molecule has 1 fully saturated rings. The first-order valence-corrected chi connectivity index (χ1v) is 8.19. The highest BCUT2D eigenvalue weighted by Gasteiger charge is 2.17. The van der Waals surface area contributed by atoms with Crippen LogP contribution in [0.5, 0.6) is 5.75 Å². The minimum absolute atomic E-state index is 0.381. The van der Waals surface area contributed by atoms with Crippen molar-refractivity contribution in [2.24, 2.45) is 0 Å². The van der Waals surface area contributed by atoms with Gasteiger partial charge in [-0.25, -0.2) is 0 Å². The number of halogens is 2. The Hall–Kier alpha value is -1.19. The first-order valence-electron chi connectivity index (χ1n) is 7.28. The van der Waals surface area contributed by atoms with Gasteiger partial charge in [0, 0.05) is 11.8 Å². The quantitative estimate of drug-likeness (QED) is 0.726. The number of para-hydroxylation sites is 1. The van der Waals surface area contributed by atoms with Crippen molar-refractivity contribution in [1.29, 1.82) is 0 Å². The van der Waals surface area contributed by atoms with Crippen molar-refractivity contribution in [3.05, 3.63) is 46.7 Å². The zero-order chi connectivity index (χ0) is 14.7. The molecule has 1 aliphatic rings. The van der Waals surface area contributed by atoms with Gasteiger partial charge in [0.2, 0.25) is 0 Å². The standard InChI is InChI=1S/C16H18Cl2N2O/c17-10-12-4-3-7-15(18)16(12)21-11-13-8-9-20(19-13)14-5-1-2-6-14/h3-4,7-9,14H,1-2,5-6,10-11H2. The number of hydrogen-bond acceptors (Lipinski definition) is 2. The van der Waals surface area contributed by atoms with E-state index in [0.717, 1.165) is 11.3 Å². The Kier molecular flexibility index (Phi) is 4.71. The molecule has 1 heterocycles. The van der Waals surface area contributed by atoms with E-state index in [1.165, 1.54) is 25.7 Å². The minimum atomic E-state index is 0.381. The summed E-state index contributed by atoms with van der Waals surface area (Å²) in [5, 5.41) is 5.19. The summed E-state index contributed by atoms with van der Waals surface area (Å²) in [4.78, 5) is 0. The van der Waals surface area contributed by atoms with Gasteiger partial charge in [0.05, 0.1) is 22.6 Å². The lowest BCUT2D eigenvalue weighted by molar-refractivity contribution is 0.296. The van der Waals surface area contributed by atoms with Crippen LogP contribution in [0.1, 0.15) is 43.0 Å². The highest BCUT2D eigenvalue weighted by molar-refractivity contribution is 6.32. The summed E-state index contributed by atoms with van der Waals surface area (Å²) in [5.74, 6) is 1.04. The summed E-state index contributed by atoms with van der Waals surface area (Å²) in [5.41, 5.74) is 1.82. The van der Waals surface area contributed by atoms with Gasteiger partial charge >= 0.3 is 0 Å². The van der Waals surface area contributed by atoms with E-state index in [4.69, 9.17) is 27.9 Å². The molecule has 3 rings (SSSR count). The predicted octanol–water partition coefficient (Wildman–Crippen LogP) is 4.97. The first-order chi connectivity index (χ1) is 10.3. The molecular weight excluding hydrogens is 307 g/mol. The molecule has 0 atom stereocenters. The van der Waals surface area contributed by atoms with Crippen LogP contribution >= 0.6 is 23.2 Å². The molecule has 0 amide bonds. The highest BCUT2D eigenvalue weighted by atomic mass is 35.5. The number of alkyl halides is 1. The molecule has 5 heteroatoms. The van der Waals surface area contributed by atoms with Gasteiger partial charge in [0.25, 0.3) is 0 Å². The normalized spacial score (nSPS) is 15.5. The lowest BCUT2D eigenvalue weighted by atomic mass is 10.2. The molecular formula is C16H18Cl2N2O. The molecule has 112 valence electrons. The molecule has 3 nitrogen and oxygen atoms in total. The molecule has 0 saturated heterocycles. The van der Waals surface area contributed by atoms with Crippen LogP contribution in [0.4, 0.5) is 0 Å². The topological polar surface area (TPSA) is 27.1 Å². The van der Waals surface area contributed by atoms with Crippen molar-refractivity contribution in [2.75, 3.05) is 0 Å². The van der Waals surface area contributed by atoms with Crippen molar-refractivity contribution in [1.82, 2.24) is 9.78 Å². The van der Waals surface area contributed by atoms with E-state index in [2.05, 4.69) is 9.78 Å². The largest absolute Gasteiger partial charge is 0.485 e. The fraction of sp³-hybridized carbons (Fsp3) is 0.438. The summed E-state index contributed by atoms with van der Waals surface area (Å²) >= 11 is 12.1. The number of ether oxygens (including phenoxy) is 1. The minimum Gasteiger partial charge on any atom is -0.485 e. The maximum atomic E-state index is 6.17. The Bertz CT molecular complexity index is 606. The molecule has 1 saturated carbocycles. The van der Waals surface area contributed by atoms with Gasteiger partial charge in [-0.05, 0) is 25.0 Å². The smallest absolute Gasteiger partial charge is 0.142 e. The molecule has 2 aromatic rings. The SMILES string of the molecule is ClCc1cccc(Cl)c1OCc1ccn(C2CCCC2)n1. The van der Waals surface area contributed by atoms with Crippen LogP contribution in [0.15, 0.2) is 30.5 Å². The predicted molar refractivity (Wildman–Crippen MR) is 85.1 cm³/mol. The number of benzene rings is 1. The number of rotatable bonds is 5. The lowest BCUT2D eigenvalue weighted by Gasteiger charge is -2.11. The molecule has 1 aromatic carbocycles. The summed E-state index contributed by atoms with van der Waals surface area (Å²) in [6, 6.07) is 8.17. The summed E-state index contributed by atoms with van der Waals surface area (Å²) in [7, 11) is 0. The molecule has 0 N–H and O–H groups in total. The average molecular weight is 325 g/mol. The average Bonchev–Trinajstić information content (AvgIpc) is 3.16. The van der Waals surface area contributed by atoms with E-state index >= 15 is 0 Å². The van der Waals surface area contributed by atoms with Crippen LogP contribution in [0, 0.1) is 0 Å². The van der Waals surface area contributed by atoms with E-state index in [0.29, 0.717) is 29.3 Å². The van der Waals surface area contributed by atoms with E-state index in [9.17, 15) is 0 Å². The molecule has 0 unspecified atom stereocenters. The van der Waals surface area contributed by atoms with Crippen LogP contribution < -0.4 is 4.74 Å². The Morgan fingerprint density at radius 1 is 1.24 bits per heavy atom. The van der Waals surface area contributed by atoms with Gasteiger partial charge in [0.15, 0.2) is 0 Å². The molecule has 1 aromatic heterocycles. The molecule has 0 aliphatic heterocycles. The Morgan fingerprint density at radius 3 is 2.81 bits per heavy atom. The fourth-order valence-electron chi connectivity index (χ4n) is 2.79. The van der Waals surface area contributed by atoms with Crippen LogP contribution in [0.2, 0.25) is 5.02 Å². The second kappa shape index (κ2) is 6.71. The fourth-order valence-corrected chi connectivity index (χ4v) is 3.25. The van der Waals surface area contributed by atoms with E-state index in [1.807, 2.05) is 30.5 Å². The van der Waals surface area contributed by atoms with Crippen molar-refractivity contribution >= 4 is 23.2 Å². The Morgan fingerprint density at radius 2 is 2.05 bits per heavy atom. The van der Waals surface area contributed by atoms with Crippen LogP contribution in [0.3, 0.4) is 0 Å². The first kappa shape index (κ1) is 14.7. The Labute approximate surface area is 134 Å². The molecule has 0 spiro atoms. The third-order valence-electron chi connectivity index (χ3n) is 3.92. The molecule has 1 aliphatic carbocycles. The van der Waals surface area contributed by atoms with Crippen molar-refractivity contribution in [3.8, 4) is 5.75 Å². The van der Waals surface area contributed by atoms with E-state index in [-0.39, 0.29) is 0 Å². The van der Waals surface area contributed by atoms with Gasteiger partial charge < -0.3 is 4.74 Å². The van der Waals surface area contributed by atoms with Crippen LogP contribution in [-0.4, -0.2) is 9.78 Å². The molecule has 0 radical (unpaired) electrons. The lowest BCUT2D eigenvalue weighted by Crippen LogP contribution is -2.06. The maximum absolute atomic E-state index is 6.17. The zero-order valence-electron chi connectivity index (χ0n) is 11.8. The highest BCUT2D eigenvalue weighted by Crippen LogP contribution is 2.31. The molecule has 0 bridgehead atoms. The van der Waals surface area contributed by atoms with Crippen LogP contribution in [0.25, 0.3) is 0 Å². The van der Waals surface area contributed by atoms with Crippen molar-refractivity contribution in [2.45, 2.75) is 44.2 Å². The van der Waals surface area contributed by atoms with Gasteiger partial charge in [-0.3, -0.25) is 4.68 Å². The van der Waals surface area contributed by atoms with Gasteiger partial charge in [-0.15, -0.1) is 11.6 Å². The van der Waals surface area contributed by atoms with Crippen molar-refractivity contribution in [3.63, 3.8) is 0 Å². The maximum Gasteiger partial charge on any atom is 0.142 e. The zero-order valence-corrected chi connectivity index (χ0v) is 13.3. The van der Waals surface area contributed by atoms with Crippen molar-refractivity contribution < 1.29 is 4.74 Å². The third-order valence-corrected chi connectivity index (χ3v) is 4.50. The second-order valence-corrected chi connectivity index (χ2v) is 6.05. The second-order valence-electron chi connectivity index (χ2n) is 5.38. The summed E-state index contributed by atoms with van der Waals surface area (Å²) < 4.78 is 7.90. The number of hydrogen-bond donors (Lipinski definition) is 0. The third kappa shape index (κ3) is 3.35. The van der Waals surface area contributed by atoms with Gasteiger partial charge in [-0.2, -0.15) is 5.10 Å². The van der Waals surface area contributed by atoms with E-state index in [1.54, 1.807) is 0 Å². The van der Waals surface area contributed by atoms with Crippen LogP contribution in [-0.2, 0) is 12.5 Å². The monoisotopic (exact) mass is 324 g/mol. The number of aromatic nitrogens is 2. The number of nitrogens with zero attached hydrogens (tertiary/aromatic N) is 2. The Balaban J connectivity index is 1.68. The molecule has 21 heavy (non-hydrogen) atoms. The van der Waals surface area contributed by atoms with Gasteiger partial charge in [-0.1, -0.05) is 36.6 Å². The van der Waals surface area contributed by atoms with Gasteiger partial charge in [0.1, 0.15) is 12.4 Å². The summed E-state index contributed by atoms with van der Waals surface area (Å²) in [6.07, 6.45) is 7.10. The van der Waals surface area contributed by atoms with E-state index < -0.39 is 0 Å². The summed E-state index contributed by atoms with van der Waals surface area (Å²) in [6.45, 7) is 0.410.